The maximum Gasteiger partial charge on any atom is 0.253 e. The molecule has 25 heavy (non-hydrogen) atoms. The molecule has 1 aliphatic carbocycles. The zero-order valence-corrected chi connectivity index (χ0v) is 14.6. The van der Waals surface area contributed by atoms with Gasteiger partial charge in [0.15, 0.2) is 0 Å². The predicted octanol–water partition coefficient (Wildman–Crippen LogP) is 2.97. The van der Waals surface area contributed by atoms with Gasteiger partial charge in [0.2, 0.25) is 0 Å². The van der Waals surface area contributed by atoms with Crippen LogP contribution < -0.4 is 15.8 Å². The van der Waals surface area contributed by atoms with E-state index >= 15 is 0 Å². The van der Waals surface area contributed by atoms with E-state index in [1.807, 2.05) is 12.2 Å². The van der Waals surface area contributed by atoms with Crippen molar-refractivity contribution >= 4 is 29.2 Å². The number of amides is 1. The molecule has 1 amide bonds. The monoisotopic (exact) mass is 356 g/mol. The Kier molecular flexibility index (Phi) is 4.00. The van der Waals surface area contributed by atoms with Crippen LogP contribution in [0.4, 0.5) is 4.39 Å². The SMILES string of the molecule is CCC1=c2c(-c3cc4c([nH]3)CCNC4=O)c(F)ccc2=CC=C(Cl)C1. The van der Waals surface area contributed by atoms with Gasteiger partial charge in [-0.1, -0.05) is 36.2 Å². The fraction of sp³-hybridized carbons (Fsp3) is 0.250. The lowest BCUT2D eigenvalue weighted by Gasteiger charge is -2.11. The lowest BCUT2D eigenvalue weighted by atomic mass is 9.98. The number of hydrogen-bond donors (Lipinski definition) is 2. The highest BCUT2D eigenvalue weighted by Crippen LogP contribution is 2.26. The van der Waals surface area contributed by atoms with E-state index in [1.54, 1.807) is 12.1 Å². The summed E-state index contributed by atoms with van der Waals surface area (Å²) in [7, 11) is 0. The fourth-order valence-electron chi connectivity index (χ4n) is 3.64. The molecule has 0 unspecified atom stereocenters. The lowest BCUT2D eigenvalue weighted by Crippen LogP contribution is -2.31. The average Bonchev–Trinajstić information content (AvgIpc) is 2.96. The molecule has 0 radical (unpaired) electrons. The summed E-state index contributed by atoms with van der Waals surface area (Å²) in [5.74, 6) is -0.405. The van der Waals surface area contributed by atoms with E-state index in [-0.39, 0.29) is 11.7 Å². The summed E-state index contributed by atoms with van der Waals surface area (Å²) < 4.78 is 14.9. The van der Waals surface area contributed by atoms with Crippen molar-refractivity contribution in [2.24, 2.45) is 0 Å². The second-order valence-electron chi connectivity index (χ2n) is 6.38. The highest BCUT2D eigenvalue weighted by Gasteiger charge is 2.22. The van der Waals surface area contributed by atoms with E-state index in [9.17, 15) is 9.18 Å². The molecule has 2 N–H and O–H groups in total. The van der Waals surface area contributed by atoms with E-state index in [0.717, 1.165) is 39.6 Å². The normalized spacial score (nSPS) is 16.4. The molecule has 0 spiro atoms. The minimum atomic E-state index is -0.296. The first-order valence-corrected chi connectivity index (χ1v) is 8.83. The Morgan fingerprint density at radius 3 is 2.88 bits per heavy atom. The number of rotatable bonds is 2. The topological polar surface area (TPSA) is 44.9 Å². The van der Waals surface area contributed by atoms with E-state index in [1.165, 1.54) is 6.07 Å². The number of benzene rings is 1. The number of carbonyl (C=O) groups is 1. The van der Waals surface area contributed by atoms with Crippen molar-refractivity contribution in [3.05, 3.63) is 56.8 Å². The van der Waals surface area contributed by atoms with Gasteiger partial charge in [-0.2, -0.15) is 0 Å². The number of nitrogens with one attached hydrogen (secondary N) is 2. The molecule has 0 bridgehead atoms. The van der Waals surface area contributed by atoms with Crippen LogP contribution in [0.1, 0.15) is 35.8 Å². The Balaban J connectivity index is 2.04. The summed E-state index contributed by atoms with van der Waals surface area (Å²) in [5.41, 5.74) is 3.73. The highest BCUT2D eigenvalue weighted by atomic mass is 35.5. The van der Waals surface area contributed by atoms with Gasteiger partial charge in [0.25, 0.3) is 5.91 Å². The van der Waals surface area contributed by atoms with E-state index in [2.05, 4.69) is 17.2 Å². The molecular formula is C20H18ClFN2O. The number of aromatic nitrogens is 1. The molecule has 1 aromatic carbocycles. The van der Waals surface area contributed by atoms with Crippen LogP contribution >= 0.6 is 11.6 Å². The Hall–Kier alpha value is -2.33. The van der Waals surface area contributed by atoms with Gasteiger partial charge in [-0.05, 0) is 35.1 Å². The van der Waals surface area contributed by atoms with Crippen molar-refractivity contribution in [1.29, 1.82) is 0 Å². The minimum Gasteiger partial charge on any atom is -0.358 e. The third kappa shape index (κ3) is 2.71. The first kappa shape index (κ1) is 16.2. The smallest absolute Gasteiger partial charge is 0.253 e. The average molecular weight is 357 g/mol. The van der Waals surface area contributed by atoms with Gasteiger partial charge >= 0.3 is 0 Å². The van der Waals surface area contributed by atoms with Gasteiger partial charge in [0.05, 0.1) is 5.56 Å². The first-order chi connectivity index (χ1) is 12.1. The van der Waals surface area contributed by atoms with Gasteiger partial charge in [-0.15, -0.1) is 0 Å². The van der Waals surface area contributed by atoms with E-state index in [4.69, 9.17) is 11.6 Å². The Morgan fingerprint density at radius 1 is 1.28 bits per heavy atom. The second-order valence-corrected chi connectivity index (χ2v) is 6.87. The number of H-pyrrole nitrogens is 1. The molecule has 0 saturated heterocycles. The molecule has 1 aliphatic heterocycles. The van der Waals surface area contributed by atoms with Crippen LogP contribution in [0.25, 0.3) is 22.9 Å². The quantitative estimate of drug-likeness (QED) is 0.853. The van der Waals surface area contributed by atoms with Crippen LogP contribution in [-0.4, -0.2) is 17.4 Å². The van der Waals surface area contributed by atoms with Crippen molar-refractivity contribution in [3.8, 4) is 11.3 Å². The van der Waals surface area contributed by atoms with Crippen molar-refractivity contribution in [3.63, 3.8) is 0 Å². The van der Waals surface area contributed by atoms with Gasteiger partial charge in [-0.25, -0.2) is 4.39 Å². The number of hydrogen-bond acceptors (Lipinski definition) is 1. The molecule has 2 aromatic rings. The summed E-state index contributed by atoms with van der Waals surface area (Å²) >= 11 is 6.28. The van der Waals surface area contributed by atoms with Crippen LogP contribution in [-0.2, 0) is 6.42 Å². The lowest BCUT2D eigenvalue weighted by molar-refractivity contribution is 0.0946. The number of carbonyl (C=O) groups excluding carboxylic acids is 1. The molecule has 2 aliphatic rings. The number of aromatic amines is 1. The zero-order valence-electron chi connectivity index (χ0n) is 13.9. The van der Waals surface area contributed by atoms with Crippen LogP contribution in [0, 0.1) is 5.82 Å². The summed E-state index contributed by atoms with van der Waals surface area (Å²) in [6, 6.07) is 5.02. The van der Waals surface area contributed by atoms with Crippen LogP contribution in [0.15, 0.2) is 29.3 Å². The largest absolute Gasteiger partial charge is 0.358 e. The first-order valence-electron chi connectivity index (χ1n) is 8.46. The maximum atomic E-state index is 14.9. The second kappa shape index (κ2) is 6.19. The highest BCUT2D eigenvalue weighted by molar-refractivity contribution is 6.30. The van der Waals surface area contributed by atoms with Crippen LogP contribution in [0.3, 0.4) is 0 Å². The maximum absolute atomic E-state index is 14.9. The molecule has 128 valence electrons. The Morgan fingerprint density at radius 2 is 2.12 bits per heavy atom. The molecule has 0 saturated carbocycles. The number of halogens is 2. The number of allylic oxidation sites excluding steroid dienone is 2. The summed E-state index contributed by atoms with van der Waals surface area (Å²) in [4.78, 5) is 15.3. The van der Waals surface area contributed by atoms with Gasteiger partial charge < -0.3 is 10.3 Å². The molecule has 3 nitrogen and oxygen atoms in total. The van der Waals surface area contributed by atoms with Gasteiger partial charge in [0.1, 0.15) is 5.82 Å². The Labute approximate surface area is 149 Å². The summed E-state index contributed by atoms with van der Waals surface area (Å²) in [6.45, 7) is 2.65. The van der Waals surface area contributed by atoms with E-state index < -0.39 is 0 Å². The molecule has 0 atom stereocenters. The molecule has 1 aromatic heterocycles. The molecular weight excluding hydrogens is 339 g/mol. The molecule has 2 heterocycles. The van der Waals surface area contributed by atoms with Gasteiger partial charge in [0, 0.05) is 41.4 Å². The number of fused-ring (bicyclic) bond motifs is 2. The Bertz CT molecular complexity index is 1030. The molecule has 4 rings (SSSR count). The molecule has 5 heteroatoms. The van der Waals surface area contributed by atoms with Crippen molar-refractivity contribution in [1.82, 2.24) is 10.3 Å². The van der Waals surface area contributed by atoms with Crippen molar-refractivity contribution < 1.29 is 9.18 Å². The zero-order chi connectivity index (χ0) is 17.6. The summed E-state index contributed by atoms with van der Waals surface area (Å²) in [5, 5.41) is 5.39. The van der Waals surface area contributed by atoms with Crippen LogP contribution in [0.2, 0.25) is 0 Å². The van der Waals surface area contributed by atoms with Crippen LogP contribution in [0.5, 0.6) is 0 Å². The third-order valence-electron chi connectivity index (χ3n) is 4.87. The summed E-state index contributed by atoms with van der Waals surface area (Å²) in [6.07, 6.45) is 5.92. The third-order valence-corrected chi connectivity index (χ3v) is 5.13. The fourth-order valence-corrected chi connectivity index (χ4v) is 3.86. The predicted molar refractivity (Wildman–Crippen MR) is 98.2 cm³/mol. The van der Waals surface area contributed by atoms with Crippen molar-refractivity contribution in [2.75, 3.05) is 6.54 Å². The standard InChI is InChI=1S/C20H18ClFN2O/c1-2-11-9-13(21)5-3-12-4-6-15(22)19(18(11)12)17-10-14-16(24-17)7-8-23-20(14)25/h3-6,10,24H,2,7-9H2,1H3,(H,23,25). The molecule has 0 fully saturated rings. The van der Waals surface area contributed by atoms with E-state index in [0.29, 0.717) is 29.8 Å². The minimum absolute atomic E-state index is 0.109. The van der Waals surface area contributed by atoms with Gasteiger partial charge in [-0.3, -0.25) is 4.79 Å². The van der Waals surface area contributed by atoms with Crippen molar-refractivity contribution in [2.45, 2.75) is 26.2 Å².